The monoisotopic (exact) mass is 497 g/mol. The molecule has 2 N–H and O–H groups in total. The molecule has 0 amide bonds. The zero-order valence-corrected chi connectivity index (χ0v) is 20.5. The summed E-state index contributed by atoms with van der Waals surface area (Å²) in [6, 6.07) is 5.47. The van der Waals surface area contributed by atoms with E-state index in [0.717, 1.165) is 43.3 Å². The normalized spacial score (nSPS) is 11.6. The largest absolute Gasteiger partial charge is 0.383 e. The van der Waals surface area contributed by atoms with Gasteiger partial charge in [0.15, 0.2) is 17.5 Å². The van der Waals surface area contributed by atoms with Gasteiger partial charge in [0.2, 0.25) is 0 Å². The minimum absolute atomic E-state index is 0.121. The van der Waals surface area contributed by atoms with Crippen LogP contribution in [0.25, 0.3) is 28.3 Å². The van der Waals surface area contributed by atoms with E-state index in [1.54, 1.807) is 16.9 Å². The van der Waals surface area contributed by atoms with E-state index in [1.165, 1.54) is 12.1 Å². The van der Waals surface area contributed by atoms with Crippen LogP contribution in [0.1, 0.15) is 13.3 Å². The lowest BCUT2D eigenvalue weighted by molar-refractivity contribution is 0.257. The Hall–Kier alpha value is -3.84. The van der Waals surface area contributed by atoms with Crippen LogP contribution in [0.4, 0.5) is 14.6 Å². The molecule has 0 aliphatic carbocycles. The molecule has 3 heterocycles. The van der Waals surface area contributed by atoms with Crippen LogP contribution in [-0.4, -0.2) is 90.3 Å². The van der Waals surface area contributed by atoms with Gasteiger partial charge in [-0.2, -0.15) is 4.68 Å². The molecule has 0 atom stereocenters. The number of halogens is 2. The number of benzene rings is 1. The highest BCUT2D eigenvalue weighted by atomic mass is 19.2. The second-order valence-electron chi connectivity index (χ2n) is 8.56. The molecule has 0 saturated carbocycles. The van der Waals surface area contributed by atoms with Gasteiger partial charge in [-0.3, -0.25) is 4.68 Å². The van der Waals surface area contributed by atoms with E-state index in [-0.39, 0.29) is 17.3 Å². The minimum atomic E-state index is -1.07. The summed E-state index contributed by atoms with van der Waals surface area (Å²) in [5.41, 5.74) is 7.54. The minimum Gasteiger partial charge on any atom is -0.383 e. The van der Waals surface area contributed by atoms with Crippen molar-refractivity contribution in [2.45, 2.75) is 19.9 Å². The third kappa shape index (κ3) is 5.69. The van der Waals surface area contributed by atoms with Crippen LogP contribution in [0.15, 0.2) is 36.7 Å². The number of aromatic nitrogens is 8. The van der Waals surface area contributed by atoms with Crippen molar-refractivity contribution >= 4 is 5.82 Å². The SMILES string of the molecule is CCN(C)CCN(C)CCCn1cc(-c2cnc(N)c(-c3nnnn3-c3cccc(F)c3F)c2)nn1. The van der Waals surface area contributed by atoms with Gasteiger partial charge in [-0.05, 0) is 62.2 Å². The Morgan fingerprint density at radius 3 is 2.64 bits per heavy atom. The quantitative estimate of drug-likeness (QED) is 0.332. The van der Waals surface area contributed by atoms with Crippen LogP contribution in [0.5, 0.6) is 0 Å². The fraction of sp³-hybridized carbons (Fsp3) is 0.391. The van der Waals surface area contributed by atoms with E-state index in [4.69, 9.17) is 5.73 Å². The molecule has 0 fully saturated rings. The fourth-order valence-corrected chi connectivity index (χ4v) is 3.62. The summed E-state index contributed by atoms with van der Waals surface area (Å²) in [5, 5.41) is 19.9. The van der Waals surface area contributed by atoms with E-state index in [0.29, 0.717) is 23.4 Å². The fourth-order valence-electron chi connectivity index (χ4n) is 3.62. The van der Waals surface area contributed by atoms with Gasteiger partial charge in [0.25, 0.3) is 0 Å². The zero-order chi connectivity index (χ0) is 25.7. The first-order valence-corrected chi connectivity index (χ1v) is 11.6. The van der Waals surface area contributed by atoms with Crippen molar-refractivity contribution in [3.8, 4) is 28.3 Å². The third-order valence-corrected chi connectivity index (χ3v) is 5.95. The van der Waals surface area contributed by atoms with Gasteiger partial charge in [0.1, 0.15) is 17.2 Å². The molecular weight excluding hydrogens is 468 g/mol. The first-order chi connectivity index (χ1) is 17.4. The summed E-state index contributed by atoms with van der Waals surface area (Å²) in [5.74, 6) is -1.82. The number of rotatable bonds is 11. The third-order valence-electron chi connectivity index (χ3n) is 5.95. The van der Waals surface area contributed by atoms with Gasteiger partial charge in [-0.15, -0.1) is 10.2 Å². The van der Waals surface area contributed by atoms with Gasteiger partial charge >= 0.3 is 0 Å². The maximum absolute atomic E-state index is 14.4. The van der Waals surface area contributed by atoms with Crippen LogP contribution in [0, 0.1) is 11.6 Å². The molecule has 0 radical (unpaired) electrons. The first kappa shape index (κ1) is 25.3. The van der Waals surface area contributed by atoms with Crippen LogP contribution < -0.4 is 5.73 Å². The molecule has 11 nitrogen and oxygen atoms in total. The van der Waals surface area contributed by atoms with Crippen LogP contribution >= 0.6 is 0 Å². The lowest BCUT2D eigenvalue weighted by Gasteiger charge is -2.20. The van der Waals surface area contributed by atoms with E-state index >= 15 is 0 Å². The Labute approximate surface area is 207 Å². The predicted molar refractivity (Wildman–Crippen MR) is 131 cm³/mol. The molecule has 0 aliphatic rings. The molecule has 0 aliphatic heterocycles. The van der Waals surface area contributed by atoms with Crippen molar-refractivity contribution in [1.29, 1.82) is 0 Å². The van der Waals surface area contributed by atoms with Gasteiger partial charge in [-0.1, -0.05) is 18.2 Å². The maximum Gasteiger partial charge on any atom is 0.190 e. The summed E-state index contributed by atoms with van der Waals surface area (Å²) >= 11 is 0. The number of hydrogen-bond donors (Lipinski definition) is 1. The number of tetrazole rings is 1. The number of anilines is 1. The maximum atomic E-state index is 14.4. The zero-order valence-electron chi connectivity index (χ0n) is 20.5. The molecule has 0 unspecified atom stereocenters. The number of nitrogens with two attached hydrogens (primary N) is 1. The van der Waals surface area contributed by atoms with Gasteiger partial charge in [-0.25, -0.2) is 13.8 Å². The van der Waals surface area contributed by atoms with Gasteiger partial charge in [0.05, 0.1) is 11.8 Å². The smallest absolute Gasteiger partial charge is 0.190 e. The highest BCUT2D eigenvalue weighted by molar-refractivity contribution is 5.75. The van der Waals surface area contributed by atoms with Crippen LogP contribution in [-0.2, 0) is 6.54 Å². The van der Waals surface area contributed by atoms with Crippen molar-refractivity contribution in [1.82, 2.24) is 50.0 Å². The average Bonchev–Trinajstić information content (AvgIpc) is 3.55. The number of nitrogens with zero attached hydrogens (tertiary/aromatic N) is 10. The topological polar surface area (TPSA) is 120 Å². The van der Waals surface area contributed by atoms with Crippen molar-refractivity contribution in [3.63, 3.8) is 0 Å². The Morgan fingerprint density at radius 2 is 1.83 bits per heavy atom. The molecule has 0 spiro atoms. The molecule has 3 aromatic heterocycles. The molecular formula is C23H29F2N11. The van der Waals surface area contributed by atoms with Gasteiger partial charge < -0.3 is 15.5 Å². The summed E-state index contributed by atoms with van der Waals surface area (Å²) in [4.78, 5) is 8.81. The van der Waals surface area contributed by atoms with E-state index < -0.39 is 11.6 Å². The lowest BCUT2D eigenvalue weighted by atomic mass is 10.1. The average molecular weight is 498 g/mol. The predicted octanol–water partition coefficient (Wildman–Crippen LogP) is 2.12. The number of likely N-dealkylation sites (N-methyl/N-ethyl adjacent to an activating group) is 2. The molecule has 190 valence electrons. The Kier molecular flexibility index (Phi) is 7.90. The molecule has 0 saturated heterocycles. The van der Waals surface area contributed by atoms with Crippen LogP contribution in [0.3, 0.4) is 0 Å². The summed E-state index contributed by atoms with van der Waals surface area (Å²) in [7, 11) is 4.23. The molecule has 1 aromatic carbocycles. The summed E-state index contributed by atoms with van der Waals surface area (Å²) < 4.78 is 31.0. The molecule has 13 heteroatoms. The Balaban J connectivity index is 1.48. The van der Waals surface area contributed by atoms with E-state index in [2.05, 4.69) is 61.6 Å². The second kappa shape index (κ2) is 11.3. The molecule has 0 bridgehead atoms. The van der Waals surface area contributed by atoms with Crippen molar-refractivity contribution in [2.75, 3.05) is 46.0 Å². The van der Waals surface area contributed by atoms with Crippen molar-refractivity contribution < 1.29 is 8.78 Å². The Bertz CT molecular complexity index is 1300. The summed E-state index contributed by atoms with van der Waals surface area (Å²) in [6.07, 6.45) is 4.33. The standard InChI is InChI=1S/C23H29F2N11/c1-4-33(2)11-12-34(3)9-6-10-35-15-19(28-31-35)16-13-17(22(26)27-14-16)23-29-30-32-36(23)20-8-5-7-18(24)21(20)25/h5,7-8,13-15H,4,6,9-12H2,1-3H3,(H2,26,27). The second-order valence-corrected chi connectivity index (χ2v) is 8.56. The van der Waals surface area contributed by atoms with E-state index in [1.807, 2.05) is 6.20 Å². The number of pyridine rings is 1. The van der Waals surface area contributed by atoms with Gasteiger partial charge in [0, 0.05) is 31.4 Å². The molecule has 36 heavy (non-hydrogen) atoms. The van der Waals surface area contributed by atoms with Crippen LogP contribution in [0.2, 0.25) is 0 Å². The summed E-state index contributed by atoms with van der Waals surface area (Å²) in [6.45, 7) is 6.88. The number of hydrogen-bond acceptors (Lipinski definition) is 9. The van der Waals surface area contributed by atoms with Crippen molar-refractivity contribution in [3.05, 3.63) is 48.3 Å². The molecule has 4 rings (SSSR count). The number of nitrogen functional groups attached to an aromatic ring is 1. The van der Waals surface area contributed by atoms with E-state index in [9.17, 15) is 8.78 Å². The highest BCUT2D eigenvalue weighted by Crippen LogP contribution is 2.29. The first-order valence-electron chi connectivity index (χ1n) is 11.6. The Morgan fingerprint density at radius 1 is 1.03 bits per heavy atom. The van der Waals surface area contributed by atoms with Crippen molar-refractivity contribution in [2.24, 2.45) is 0 Å². The molecule has 4 aromatic rings. The lowest BCUT2D eigenvalue weighted by Crippen LogP contribution is -2.31. The number of aryl methyl sites for hydroxylation is 1. The highest BCUT2D eigenvalue weighted by Gasteiger charge is 2.20.